The van der Waals surface area contributed by atoms with Crippen LogP contribution >= 0.6 is 11.3 Å². The Hall–Kier alpha value is -0.450. The highest BCUT2D eigenvalue weighted by Crippen LogP contribution is 2.34. The van der Waals surface area contributed by atoms with Crippen molar-refractivity contribution in [2.45, 2.75) is 52.6 Å². The van der Waals surface area contributed by atoms with Crippen molar-refractivity contribution >= 4 is 11.3 Å². The predicted molar refractivity (Wildman–Crippen MR) is 77.9 cm³/mol. The van der Waals surface area contributed by atoms with Gasteiger partial charge in [-0.05, 0) is 46.1 Å². The van der Waals surface area contributed by atoms with Crippen LogP contribution in [0, 0.1) is 19.8 Å². The van der Waals surface area contributed by atoms with Crippen molar-refractivity contribution in [1.82, 2.24) is 9.88 Å². The molecule has 3 nitrogen and oxygen atoms in total. The normalized spacial score (nSPS) is 27.4. The molecule has 0 radical (unpaired) electrons. The molecule has 4 heteroatoms. The molecule has 2 heterocycles. The summed E-state index contributed by atoms with van der Waals surface area (Å²) in [5.74, 6) is 0.811. The van der Waals surface area contributed by atoms with Gasteiger partial charge in [-0.3, -0.25) is 4.90 Å². The number of thiazole rings is 1. The maximum absolute atomic E-state index is 5.96. The number of hydrogen-bond acceptors (Lipinski definition) is 4. The first-order valence-corrected chi connectivity index (χ1v) is 7.74. The summed E-state index contributed by atoms with van der Waals surface area (Å²) >= 11 is 1.84. The minimum Gasteiger partial charge on any atom is -0.329 e. The second-order valence-electron chi connectivity index (χ2n) is 5.62. The average molecular weight is 267 g/mol. The fourth-order valence-electron chi connectivity index (χ4n) is 3.10. The van der Waals surface area contributed by atoms with Gasteiger partial charge < -0.3 is 5.73 Å². The maximum Gasteiger partial charge on any atom is 0.0900 e. The van der Waals surface area contributed by atoms with Gasteiger partial charge in [0.25, 0.3) is 0 Å². The van der Waals surface area contributed by atoms with Crippen molar-refractivity contribution in [1.29, 1.82) is 0 Å². The molecule has 2 rings (SSSR count). The summed E-state index contributed by atoms with van der Waals surface area (Å²) in [6, 6.07) is 0.989. The van der Waals surface area contributed by atoms with Crippen LogP contribution in [0.3, 0.4) is 0 Å². The predicted octanol–water partition coefficient (Wildman–Crippen LogP) is 2.88. The molecular weight excluding hydrogens is 242 g/mol. The molecule has 0 aliphatic carbocycles. The highest BCUT2D eigenvalue weighted by Gasteiger charge is 2.30. The van der Waals surface area contributed by atoms with E-state index >= 15 is 0 Å². The molecule has 2 N–H and O–H groups in total. The number of likely N-dealkylation sites (tertiary alicyclic amines) is 1. The van der Waals surface area contributed by atoms with Gasteiger partial charge in [0.2, 0.25) is 0 Å². The van der Waals surface area contributed by atoms with Crippen LogP contribution in [0.25, 0.3) is 0 Å². The fourth-order valence-corrected chi connectivity index (χ4v) is 4.10. The summed E-state index contributed by atoms with van der Waals surface area (Å²) in [6.45, 7) is 10.8. The van der Waals surface area contributed by atoms with Crippen molar-refractivity contribution in [3.05, 3.63) is 15.6 Å². The number of hydrogen-bond donors (Lipinski definition) is 1. The van der Waals surface area contributed by atoms with E-state index in [1.165, 1.54) is 35.0 Å². The summed E-state index contributed by atoms with van der Waals surface area (Å²) in [7, 11) is 0. The highest BCUT2D eigenvalue weighted by molar-refractivity contribution is 7.11. The maximum atomic E-state index is 5.96. The van der Waals surface area contributed by atoms with E-state index in [0.717, 1.165) is 12.5 Å². The van der Waals surface area contributed by atoms with Crippen molar-refractivity contribution in [2.75, 3.05) is 13.1 Å². The molecule has 0 spiro atoms. The Bertz CT molecular complexity index is 402. The molecule has 0 saturated carbocycles. The molecule has 0 amide bonds. The van der Waals surface area contributed by atoms with Crippen LogP contribution in [0.2, 0.25) is 0 Å². The topological polar surface area (TPSA) is 42.2 Å². The molecule has 1 saturated heterocycles. The standard InChI is InChI=1S/C14H25N3S/c1-9-5-6-17(13(7-9)8-15)11(3)14-10(2)16-12(4)18-14/h9,11,13H,5-8,15H2,1-4H3. The van der Waals surface area contributed by atoms with Crippen molar-refractivity contribution in [3.63, 3.8) is 0 Å². The van der Waals surface area contributed by atoms with Crippen LogP contribution in [0.4, 0.5) is 0 Å². The molecule has 102 valence electrons. The summed E-state index contributed by atoms with van der Waals surface area (Å²) in [5, 5.41) is 1.17. The van der Waals surface area contributed by atoms with Crippen LogP contribution in [-0.4, -0.2) is 29.0 Å². The highest BCUT2D eigenvalue weighted by atomic mass is 32.1. The summed E-state index contributed by atoms with van der Waals surface area (Å²) in [6.07, 6.45) is 2.52. The van der Waals surface area contributed by atoms with Gasteiger partial charge in [0.15, 0.2) is 0 Å². The van der Waals surface area contributed by atoms with Gasteiger partial charge in [-0.15, -0.1) is 11.3 Å². The Morgan fingerprint density at radius 3 is 2.78 bits per heavy atom. The van der Waals surface area contributed by atoms with E-state index in [4.69, 9.17) is 5.73 Å². The van der Waals surface area contributed by atoms with E-state index in [2.05, 4.69) is 37.6 Å². The first-order chi connectivity index (χ1) is 8.52. The first-order valence-electron chi connectivity index (χ1n) is 6.92. The van der Waals surface area contributed by atoms with Crippen LogP contribution in [0.1, 0.15) is 48.3 Å². The lowest BCUT2D eigenvalue weighted by molar-refractivity contribution is 0.0845. The van der Waals surface area contributed by atoms with Gasteiger partial charge in [0, 0.05) is 23.5 Å². The Morgan fingerprint density at radius 1 is 1.50 bits per heavy atom. The molecule has 0 aromatic carbocycles. The Labute approximate surface area is 114 Å². The van der Waals surface area contributed by atoms with Crippen molar-refractivity contribution in [2.24, 2.45) is 11.7 Å². The number of nitrogens with two attached hydrogens (primary N) is 1. The molecular formula is C14H25N3S. The lowest BCUT2D eigenvalue weighted by Crippen LogP contribution is -2.47. The molecule has 1 aromatic rings. The average Bonchev–Trinajstić information content (AvgIpc) is 2.67. The van der Waals surface area contributed by atoms with Crippen LogP contribution in [-0.2, 0) is 0 Å². The summed E-state index contributed by atoms with van der Waals surface area (Å²) < 4.78 is 0. The number of aryl methyl sites for hydroxylation is 2. The lowest BCUT2D eigenvalue weighted by atomic mass is 9.91. The third-order valence-electron chi connectivity index (χ3n) is 4.11. The summed E-state index contributed by atoms with van der Waals surface area (Å²) in [4.78, 5) is 8.55. The minimum atomic E-state index is 0.456. The molecule has 3 unspecified atom stereocenters. The second-order valence-corrected chi connectivity index (χ2v) is 6.85. The number of aromatic nitrogens is 1. The monoisotopic (exact) mass is 267 g/mol. The SMILES string of the molecule is Cc1nc(C)c(C(C)N2CCC(C)CC2CN)s1. The van der Waals surface area contributed by atoms with E-state index < -0.39 is 0 Å². The number of piperidine rings is 1. The first kappa shape index (κ1) is 14.0. The number of nitrogens with zero attached hydrogens (tertiary/aromatic N) is 2. The molecule has 1 fully saturated rings. The molecule has 3 atom stereocenters. The van der Waals surface area contributed by atoms with Crippen LogP contribution < -0.4 is 5.73 Å². The second kappa shape index (κ2) is 5.68. The van der Waals surface area contributed by atoms with E-state index in [-0.39, 0.29) is 0 Å². The van der Waals surface area contributed by atoms with Crippen LogP contribution in [0.15, 0.2) is 0 Å². The third-order valence-corrected chi connectivity index (χ3v) is 5.36. The quantitative estimate of drug-likeness (QED) is 0.915. The van der Waals surface area contributed by atoms with Crippen molar-refractivity contribution in [3.8, 4) is 0 Å². The van der Waals surface area contributed by atoms with E-state index in [9.17, 15) is 0 Å². The van der Waals surface area contributed by atoms with E-state index in [1.807, 2.05) is 11.3 Å². The van der Waals surface area contributed by atoms with Crippen molar-refractivity contribution < 1.29 is 0 Å². The zero-order chi connectivity index (χ0) is 13.3. The molecule has 1 aliphatic rings. The molecule has 0 bridgehead atoms. The van der Waals surface area contributed by atoms with Gasteiger partial charge >= 0.3 is 0 Å². The Morgan fingerprint density at radius 2 is 2.22 bits per heavy atom. The van der Waals surface area contributed by atoms with Crippen LogP contribution in [0.5, 0.6) is 0 Å². The fraction of sp³-hybridized carbons (Fsp3) is 0.786. The van der Waals surface area contributed by atoms with Gasteiger partial charge in [0.1, 0.15) is 0 Å². The Kier molecular flexibility index (Phi) is 4.41. The van der Waals surface area contributed by atoms with Gasteiger partial charge in [0.05, 0.1) is 10.7 Å². The zero-order valence-electron chi connectivity index (χ0n) is 11.9. The third kappa shape index (κ3) is 2.76. The van der Waals surface area contributed by atoms with E-state index in [0.29, 0.717) is 12.1 Å². The van der Waals surface area contributed by atoms with Gasteiger partial charge in [-0.1, -0.05) is 6.92 Å². The van der Waals surface area contributed by atoms with E-state index in [1.54, 1.807) is 0 Å². The molecule has 1 aliphatic heterocycles. The minimum absolute atomic E-state index is 0.456. The smallest absolute Gasteiger partial charge is 0.0900 e. The zero-order valence-corrected chi connectivity index (χ0v) is 12.8. The lowest BCUT2D eigenvalue weighted by Gasteiger charge is -2.41. The number of rotatable bonds is 3. The largest absolute Gasteiger partial charge is 0.329 e. The summed E-state index contributed by atoms with van der Waals surface area (Å²) in [5.41, 5.74) is 7.15. The molecule has 1 aromatic heterocycles. The Balaban J connectivity index is 2.17. The molecule has 18 heavy (non-hydrogen) atoms. The van der Waals surface area contributed by atoms with Gasteiger partial charge in [-0.25, -0.2) is 4.98 Å². The van der Waals surface area contributed by atoms with Gasteiger partial charge in [-0.2, -0.15) is 0 Å².